The van der Waals surface area contributed by atoms with E-state index in [1.807, 2.05) is 6.92 Å². The third kappa shape index (κ3) is 2.57. The van der Waals surface area contributed by atoms with E-state index < -0.39 is 23.2 Å². The Labute approximate surface area is 122 Å². The molecular weight excluding hydrogens is 277 g/mol. The molecule has 0 aromatic heterocycles. The van der Waals surface area contributed by atoms with E-state index >= 15 is 0 Å². The fraction of sp³-hybridized carbons (Fsp3) is 0.467. The predicted molar refractivity (Wildman–Crippen MR) is 73.6 cm³/mol. The van der Waals surface area contributed by atoms with Crippen LogP contribution in [0.25, 0.3) is 0 Å². The second-order valence-electron chi connectivity index (χ2n) is 5.31. The van der Waals surface area contributed by atoms with Gasteiger partial charge in [-0.1, -0.05) is 13.3 Å². The van der Waals surface area contributed by atoms with Crippen LogP contribution in [-0.2, 0) is 4.79 Å². The molecule has 1 amide bonds. The van der Waals surface area contributed by atoms with Gasteiger partial charge in [-0.25, -0.2) is 9.18 Å². The molecular formula is C15H18FNO4. The number of hydrogen-bond acceptors (Lipinski definition) is 3. The molecule has 0 spiro atoms. The molecule has 0 bridgehead atoms. The van der Waals surface area contributed by atoms with E-state index in [9.17, 15) is 24.2 Å². The molecule has 1 unspecified atom stereocenters. The lowest BCUT2D eigenvalue weighted by atomic mass is 9.90. The maximum atomic E-state index is 13.3. The lowest BCUT2D eigenvalue weighted by molar-refractivity contribution is -0.148. The first-order valence-corrected chi connectivity index (χ1v) is 6.96. The number of aromatic hydroxyl groups is 1. The molecule has 0 aliphatic carbocycles. The number of benzene rings is 1. The van der Waals surface area contributed by atoms with Crippen LogP contribution in [0.2, 0.25) is 0 Å². The van der Waals surface area contributed by atoms with Crippen molar-refractivity contribution >= 4 is 11.9 Å². The van der Waals surface area contributed by atoms with Crippen molar-refractivity contribution in [2.45, 2.75) is 38.1 Å². The number of aliphatic carboxylic acids is 1. The number of halogens is 1. The summed E-state index contributed by atoms with van der Waals surface area (Å²) in [6.07, 6.45) is 1.90. The molecule has 6 heteroatoms. The summed E-state index contributed by atoms with van der Waals surface area (Å²) in [7, 11) is 0. The molecule has 1 saturated heterocycles. The lowest BCUT2D eigenvalue weighted by Crippen LogP contribution is -2.53. The summed E-state index contributed by atoms with van der Waals surface area (Å²) in [5.74, 6) is -2.68. The minimum absolute atomic E-state index is 0.196. The molecule has 21 heavy (non-hydrogen) atoms. The smallest absolute Gasteiger partial charge is 0.329 e. The van der Waals surface area contributed by atoms with E-state index in [2.05, 4.69) is 0 Å². The zero-order valence-corrected chi connectivity index (χ0v) is 11.8. The average molecular weight is 295 g/mol. The number of hydrogen-bond donors (Lipinski definition) is 2. The quantitative estimate of drug-likeness (QED) is 0.894. The molecule has 114 valence electrons. The summed E-state index contributed by atoms with van der Waals surface area (Å²) in [5, 5.41) is 19.3. The highest BCUT2D eigenvalue weighted by molar-refractivity contribution is 6.00. The second-order valence-corrected chi connectivity index (χ2v) is 5.31. The number of carboxylic acid groups (broad SMARTS) is 1. The van der Waals surface area contributed by atoms with Crippen LogP contribution in [0, 0.1) is 5.82 Å². The third-order valence-corrected chi connectivity index (χ3v) is 3.98. The van der Waals surface area contributed by atoms with Crippen LogP contribution >= 0.6 is 0 Å². The molecule has 1 aliphatic rings. The number of phenolic OH excluding ortho intramolecular Hbond substituents is 1. The summed E-state index contributed by atoms with van der Waals surface area (Å²) in [6.45, 7) is 2.15. The van der Waals surface area contributed by atoms with Gasteiger partial charge in [0, 0.05) is 6.54 Å². The van der Waals surface area contributed by atoms with Gasteiger partial charge in [0.1, 0.15) is 17.1 Å². The minimum atomic E-state index is -1.26. The number of carbonyl (C=O) groups excluding carboxylic acids is 1. The average Bonchev–Trinajstić information content (AvgIpc) is 2.86. The number of likely N-dealkylation sites (tertiary alicyclic amines) is 1. The Bertz CT molecular complexity index is 575. The molecule has 5 nitrogen and oxygen atoms in total. The van der Waals surface area contributed by atoms with E-state index in [-0.39, 0.29) is 11.3 Å². The summed E-state index contributed by atoms with van der Waals surface area (Å²) in [5.41, 5.74) is -1.46. The van der Waals surface area contributed by atoms with Gasteiger partial charge in [-0.15, -0.1) is 0 Å². The van der Waals surface area contributed by atoms with Crippen LogP contribution in [0.15, 0.2) is 18.2 Å². The minimum Gasteiger partial charge on any atom is -0.507 e. The summed E-state index contributed by atoms with van der Waals surface area (Å²) < 4.78 is 13.3. The Morgan fingerprint density at radius 1 is 1.43 bits per heavy atom. The van der Waals surface area contributed by atoms with Crippen molar-refractivity contribution in [1.82, 2.24) is 4.90 Å². The highest BCUT2D eigenvalue weighted by Gasteiger charge is 2.49. The van der Waals surface area contributed by atoms with Crippen LogP contribution in [0.1, 0.15) is 43.0 Å². The van der Waals surface area contributed by atoms with E-state index in [1.54, 1.807) is 0 Å². The predicted octanol–water partition coefficient (Wildman–Crippen LogP) is 2.39. The van der Waals surface area contributed by atoms with Gasteiger partial charge in [0.25, 0.3) is 5.91 Å². The Balaban J connectivity index is 2.41. The third-order valence-electron chi connectivity index (χ3n) is 3.98. The Morgan fingerprint density at radius 3 is 2.76 bits per heavy atom. The summed E-state index contributed by atoms with van der Waals surface area (Å²) in [6, 6.07) is 3.09. The Hall–Kier alpha value is -2.11. The molecule has 1 aliphatic heterocycles. The zero-order chi connectivity index (χ0) is 15.6. The second kappa shape index (κ2) is 5.71. The van der Waals surface area contributed by atoms with E-state index in [0.717, 1.165) is 18.2 Å². The van der Waals surface area contributed by atoms with Crippen molar-refractivity contribution < 1.29 is 24.2 Å². The van der Waals surface area contributed by atoms with E-state index in [4.69, 9.17) is 0 Å². The van der Waals surface area contributed by atoms with Gasteiger partial charge >= 0.3 is 5.97 Å². The maximum absolute atomic E-state index is 13.3. The Kier molecular flexibility index (Phi) is 4.16. The Morgan fingerprint density at radius 2 is 2.14 bits per heavy atom. The number of carboxylic acids is 1. The number of amides is 1. The van der Waals surface area contributed by atoms with E-state index in [0.29, 0.717) is 32.2 Å². The van der Waals surface area contributed by atoms with Crippen LogP contribution < -0.4 is 0 Å². The number of carbonyl (C=O) groups is 2. The highest BCUT2D eigenvalue weighted by Crippen LogP contribution is 2.36. The van der Waals surface area contributed by atoms with Gasteiger partial charge in [0.05, 0.1) is 5.56 Å². The molecule has 0 radical (unpaired) electrons. The molecule has 1 aromatic carbocycles. The van der Waals surface area contributed by atoms with Gasteiger partial charge < -0.3 is 15.1 Å². The van der Waals surface area contributed by atoms with Crippen molar-refractivity contribution in [3.63, 3.8) is 0 Å². The molecule has 1 aromatic rings. The van der Waals surface area contributed by atoms with Gasteiger partial charge in [-0.2, -0.15) is 0 Å². The molecule has 0 saturated carbocycles. The topological polar surface area (TPSA) is 77.8 Å². The van der Waals surface area contributed by atoms with E-state index in [1.165, 1.54) is 4.90 Å². The van der Waals surface area contributed by atoms with Gasteiger partial charge in [0.2, 0.25) is 0 Å². The monoisotopic (exact) mass is 295 g/mol. The lowest BCUT2D eigenvalue weighted by Gasteiger charge is -2.34. The normalized spacial score (nSPS) is 21.5. The number of nitrogens with zero attached hydrogens (tertiary/aromatic N) is 1. The summed E-state index contributed by atoms with van der Waals surface area (Å²) in [4.78, 5) is 25.5. The van der Waals surface area contributed by atoms with Crippen LogP contribution in [-0.4, -0.2) is 39.1 Å². The van der Waals surface area contributed by atoms with Gasteiger partial charge in [0.15, 0.2) is 0 Å². The van der Waals surface area contributed by atoms with Crippen LogP contribution in [0.3, 0.4) is 0 Å². The summed E-state index contributed by atoms with van der Waals surface area (Å²) >= 11 is 0. The van der Waals surface area contributed by atoms with Crippen molar-refractivity contribution in [2.24, 2.45) is 0 Å². The first-order chi connectivity index (χ1) is 9.92. The highest BCUT2D eigenvalue weighted by atomic mass is 19.1. The number of phenols is 1. The molecule has 1 heterocycles. The van der Waals surface area contributed by atoms with Crippen LogP contribution in [0.4, 0.5) is 4.39 Å². The van der Waals surface area contributed by atoms with Gasteiger partial charge in [-0.3, -0.25) is 4.79 Å². The van der Waals surface area contributed by atoms with Crippen LogP contribution in [0.5, 0.6) is 5.75 Å². The fourth-order valence-electron chi connectivity index (χ4n) is 3.00. The van der Waals surface area contributed by atoms with Crippen molar-refractivity contribution in [1.29, 1.82) is 0 Å². The molecule has 2 rings (SSSR count). The fourth-order valence-corrected chi connectivity index (χ4v) is 3.00. The first kappa shape index (κ1) is 15.3. The largest absolute Gasteiger partial charge is 0.507 e. The molecule has 2 N–H and O–H groups in total. The van der Waals surface area contributed by atoms with Crippen molar-refractivity contribution in [2.75, 3.05) is 6.54 Å². The molecule has 1 fully saturated rings. The van der Waals surface area contributed by atoms with Crippen molar-refractivity contribution in [3.8, 4) is 5.75 Å². The van der Waals surface area contributed by atoms with Crippen molar-refractivity contribution in [3.05, 3.63) is 29.6 Å². The van der Waals surface area contributed by atoms with Gasteiger partial charge in [-0.05, 0) is 37.5 Å². The zero-order valence-electron chi connectivity index (χ0n) is 11.8. The first-order valence-electron chi connectivity index (χ1n) is 6.96. The molecule has 1 atom stereocenters. The standard InChI is InChI=1S/C15H18FNO4/c1-2-6-15(14(20)21)7-3-8-17(15)13(19)11-9-10(16)4-5-12(11)18/h4-5,9,18H,2-3,6-8H2,1H3,(H,20,21). The number of rotatable bonds is 4. The SMILES string of the molecule is CCCC1(C(=O)O)CCCN1C(=O)c1cc(F)ccc1O. The maximum Gasteiger partial charge on any atom is 0.329 e.